The molecule has 5 rings (SSSR count). The van der Waals surface area contributed by atoms with Gasteiger partial charge in [0.15, 0.2) is 0 Å². The van der Waals surface area contributed by atoms with Crippen LogP contribution in [0.2, 0.25) is 0 Å². The van der Waals surface area contributed by atoms with E-state index in [-0.39, 0.29) is 63.1 Å². The molecule has 2 aliphatic rings. The van der Waals surface area contributed by atoms with Gasteiger partial charge in [0.05, 0.1) is 41.4 Å². The molecule has 266 valence electrons. The van der Waals surface area contributed by atoms with Crippen LogP contribution in [0.3, 0.4) is 0 Å². The molecular weight excluding hydrogens is 711 g/mol. The minimum atomic E-state index is -5.02. The second-order valence-corrected chi connectivity index (χ2v) is 12.9. The van der Waals surface area contributed by atoms with Crippen LogP contribution in [0.5, 0.6) is 11.5 Å². The molecule has 0 spiro atoms. The number of carboxylic acid groups (broad SMARTS) is 1. The molecule has 2 heterocycles. The molecule has 0 bridgehead atoms. The van der Waals surface area contributed by atoms with Gasteiger partial charge in [-0.2, -0.15) is 26.3 Å². The van der Waals surface area contributed by atoms with E-state index in [0.29, 0.717) is 57.2 Å². The number of ether oxygens (including phenoxy) is 3. The SMILES string of the molecule is O=C(O)c1ccc(OCCCN2C(=O)/C(=C/c3cc(-c4cc(C(F)(F)F)cc(C(F)(F)F)c4)ccc3OCCN3CCOCC3)SC2=S)cc1. The number of morpholine rings is 1. The average molecular weight is 741 g/mol. The summed E-state index contributed by atoms with van der Waals surface area (Å²) in [6.45, 7) is 3.72. The Morgan fingerprint density at radius 3 is 2.16 bits per heavy atom. The van der Waals surface area contributed by atoms with Crippen molar-refractivity contribution in [2.45, 2.75) is 18.8 Å². The molecule has 0 saturated carbocycles. The molecule has 1 N–H and O–H groups in total. The Kier molecular flexibility index (Phi) is 11.8. The quantitative estimate of drug-likeness (QED) is 0.0880. The Bertz CT molecular complexity index is 1730. The largest absolute Gasteiger partial charge is 0.494 e. The number of halogens is 6. The molecule has 2 saturated heterocycles. The molecule has 1 amide bonds. The third kappa shape index (κ3) is 9.56. The molecule has 3 aromatic carbocycles. The summed E-state index contributed by atoms with van der Waals surface area (Å²) in [5.41, 5.74) is -2.78. The molecule has 0 aliphatic carbocycles. The normalized spacial score (nSPS) is 16.7. The van der Waals surface area contributed by atoms with E-state index in [2.05, 4.69) is 4.90 Å². The number of carboxylic acids is 1. The zero-order valence-corrected chi connectivity index (χ0v) is 27.8. The average Bonchev–Trinajstić information content (AvgIpc) is 3.34. The summed E-state index contributed by atoms with van der Waals surface area (Å²) in [5.74, 6) is -0.778. The van der Waals surface area contributed by atoms with E-state index in [1.165, 1.54) is 53.4 Å². The highest BCUT2D eigenvalue weighted by atomic mass is 32.2. The minimum Gasteiger partial charge on any atom is -0.494 e. The van der Waals surface area contributed by atoms with Crippen molar-refractivity contribution in [3.05, 3.63) is 87.8 Å². The number of rotatable bonds is 12. The summed E-state index contributed by atoms with van der Waals surface area (Å²) in [4.78, 5) is 28.1. The lowest BCUT2D eigenvalue weighted by atomic mass is 9.97. The number of thiocarbonyl (C=S) groups is 1. The van der Waals surface area contributed by atoms with Crippen molar-refractivity contribution in [2.24, 2.45) is 0 Å². The fourth-order valence-corrected chi connectivity index (χ4v) is 6.44. The number of benzene rings is 3. The van der Waals surface area contributed by atoms with Crippen LogP contribution in [0.4, 0.5) is 26.3 Å². The zero-order valence-electron chi connectivity index (χ0n) is 26.2. The fraction of sp³-hybridized carbons (Fsp3) is 0.324. The minimum absolute atomic E-state index is 0.0531. The van der Waals surface area contributed by atoms with Crippen molar-refractivity contribution in [1.29, 1.82) is 0 Å². The molecule has 3 aromatic rings. The van der Waals surface area contributed by atoms with Crippen LogP contribution in [-0.2, 0) is 21.9 Å². The number of nitrogens with zero attached hydrogens (tertiary/aromatic N) is 2. The zero-order chi connectivity index (χ0) is 36.1. The van der Waals surface area contributed by atoms with Gasteiger partial charge >= 0.3 is 18.3 Å². The first-order valence-electron chi connectivity index (χ1n) is 15.3. The summed E-state index contributed by atoms with van der Waals surface area (Å²) in [7, 11) is 0. The fourth-order valence-electron chi connectivity index (χ4n) is 5.14. The van der Waals surface area contributed by atoms with Crippen LogP contribution in [-0.4, -0.2) is 83.7 Å². The summed E-state index contributed by atoms with van der Waals surface area (Å²) in [5, 5.41) is 9.03. The van der Waals surface area contributed by atoms with Crippen molar-refractivity contribution in [3.63, 3.8) is 0 Å². The van der Waals surface area contributed by atoms with E-state index in [1.807, 2.05) is 0 Å². The Morgan fingerprint density at radius 1 is 0.880 bits per heavy atom. The number of carbonyl (C=O) groups excluding carboxylic acids is 1. The summed E-state index contributed by atoms with van der Waals surface area (Å²) in [6, 6.07) is 11.4. The van der Waals surface area contributed by atoms with Crippen molar-refractivity contribution < 1.29 is 55.2 Å². The van der Waals surface area contributed by atoms with Crippen LogP contribution >= 0.6 is 24.0 Å². The second-order valence-electron chi connectivity index (χ2n) is 11.2. The summed E-state index contributed by atoms with van der Waals surface area (Å²) >= 11 is 6.44. The maximum absolute atomic E-state index is 13.6. The van der Waals surface area contributed by atoms with Gasteiger partial charge in [-0.3, -0.25) is 14.6 Å². The predicted octanol–water partition coefficient (Wildman–Crippen LogP) is 7.47. The number of alkyl halides is 6. The van der Waals surface area contributed by atoms with Gasteiger partial charge in [-0.05, 0) is 78.2 Å². The van der Waals surface area contributed by atoms with E-state index in [1.54, 1.807) is 0 Å². The van der Waals surface area contributed by atoms with Gasteiger partial charge in [0.2, 0.25) is 0 Å². The highest BCUT2D eigenvalue weighted by Gasteiger charge is 2.37. The number of hydrogen-bond donors (Lipinski definition) is 1. The van der Waals surface area contributed by atoms with E-state index in [4.69, 9.17) is 31.5 Å². The Labute approximate surface area is 292 Å². The Morgan fingerprint density at radius 2 is 1.54 bits per heavy atom. The van der Waals surface area contributed by atoms with Crippen molar-refractivity contribution in [2.75, 3.05) is 52.6 Å². The summed E-state index contributed by atoms with van der Waals surface area (Å²) < 4.78 is 99.0. The molecule has 8 nitrogen and oxygen atoms in total. The summed E-state index contributed by atoms with van der Waals surface area (Å²) in [6.07, 6.45) is -8.20. The third-order valence-electron chi connectivity index (χ3n) is 7.76. The van der Waals surface area contributed by atoms with Gasteiger partial charge in [-0.1, -0.05) is 30.0 Å². The van der Waals surface area contributed by atoms with Gasteiger partial charge in [-0.15, -0.1) is 0 Å². The van der Waals surface area contributed by atoms with Crippen LogP contribution in [0.25, 0.3) is 17.2 Å². The predicted molar refractivity (Wildman–Crippen MR) is 178 cm³/mol. The molecule has 0 atom stereocenters. The molecule has 2 fully saturated rings. The Balaban J connectivity index is 1.37. The molecule has 0 aromatic heterocycles. The molecule has 0 unspecified atom stereocenters. The van der Waals surface area contributed by atoms with Gasteiger partial charge in [0.25, 0.3) is 5.91 Å². The van der Waals surface area contributed by atoms with Gasteiger partial charge in [0, 0.05) is 31.7 Å². The molecule has 2 aliphatic heterocycles. The van der Waals surface area contributed by atoms with Gasteiger partial charge in [-0.25, -0.2) is 4.79 Å². The monoisotopic (exact) mass is 740 g/mol. The smallest absolute Gasteiger partial charge is 0.416 e. The lowest BCUT2D eigenvalue weighted by molar-refractivity contribution is -0.143. The first-order chi connectivity index (χ1) is 23.7. The third-order valence-corrected chi connectivity index (χ3v) is 9.13. The number of hydrogen-bond acceptors (Lipinski definition) is 8. The topological polar surface area (TPSA) is 88.5 Å². The highest BCUT2D eigenvalue weighted by molar-refractivity contribution is 8.26. The number of thioether (sulfide) groups is 1. The molecular formula is C34H30F6N2O6S2. The van der Waals surface area contributed by atoms with E-state index < -0.39 is 35.4 Å². The highest BCUT2D eigenvalue weighted by Crippen LogP contribution is 2.40. The van der Waals surface area contributed by atoms with Gasteiger partial charge in [0.1, 0.15) is 22.4 Å². The maximum atomic E-state index is 13.6. The van der Waals surface area contributed by atoms with Crippen LogP contribution in [0.15, 0.2) is 65.6 Å². The lowest BCUT2D eigenvalue weighted by Crippen LogP contribution is -2.38. The van der Waals surface area contributed by atoms with E-state index in [9.17, 15) is 35.9 Å². The van der Waals surface area contributed by atoms with Gasteiger partial charge < -0.3 is 19.3 Å². The molecule has 50 heavy (non-hydrogen) atoms. The van der Waals surface area contributed by atoms with Crippen LogP contribution in [0.1, 0.15) is 33.5 Å². The molecule has 16 heteroatoms. The van der Waals surface area contributed by atoms with E-state index in [0.717, 1.165) is 11.8 Å². The maximum Gasteiger partial charge on any atom is 0.416 e. The van der Waals surface area contributed by atoms with Crippen molar-refractivity contribution in [1.82, 2.24) is 9.80 Å². The standard InChI is InChI=1S/C34H30F6N2O6S2/c35-33(36,37)25-17-23(18-26(20-25)34(38,39)40)22-4-7-28(48-15-11-41-9-13-46-14-10-41)24(16-22)19-29-30(43)42(32(49)50-29)8-1-12-47-27-5-2-21(3-6-27)31(44)45/h2-7,16-20H,1,8-15H2,(H,44,45)/b29-19-. The number of carbonyl (C=O) groups is 2. The number of aromatic carboxylic acids is 1. The van der Waals surface area contributed by atoms with Crippen molar-refractivity contribution >= 4 is 46.3 Å². The Hall–Kier alpha value is -4.12. The van der Waals surface area contributed by atoms with E-state index >= 15 is 0 Å². The van der Waals surface area contributed by atoms with Crippen LogP contribution in [0, 0.1) is 0 Å². The van der Waals surface area contributed by atoms with Crippen LogP contribution < -0.4 is 9.47 Å². The molecule has 0 radical (unpaired) electrons. The first kappa shape index (κ1) is 37.1. The second kappa shape index (κ2) is 15.8. The number of amides is 1. The first-order valence-corrected chi connectivity index (χ1v) is 16.5. The lowest BCUT2D eigenvalue weighted by Gasteiger charge is -2.26. The van der Waals surface area contributed by atoms with Crippen molar-refractivity contribution in [3.8, 4) is 22.6 Å².